The highest BCUT2D eigenvalue weighted by Crippen LogP contribution is 2.25. The molecule has 1 aromatic heterocycles. The Morgan fingerprint density at radius 2 is 2.15 bits per heavy atom. The molecule has 3 N–H and O–H groups in total. The fraction of sp³-hybridized carbons (Fsp3) is 0.133. The molecule has 2 aromatic carbocycles. The molecule has 0 fully saturated rings. The fourth-order valence-corrected chi connectivity index (χ4v) is 1.95. The van der Waals surface area contributed by atoms with Crippen molar-refractivity contribution in [1.29, 1.82) is 0 Å². The predicted molar refractivity (Wildman–Crippen MR) is 79.3 cm³/mol. The van der Waals surface area contributed by atoms with E-state index in [-0.39, 0.29) is 0 Å². The van der Waals surface area contributed by atoms with E-state index in [0.717, 1.165) is 17.0 Å². The van der Waals surface area contributed by atoms with Crippen LogP contribution in [0.25, 0.3) is 11.1 Å². The number of nitrogens with two attached hydrogens (primary N) is 1. The molecule has 0 aliphatic carbocycles. The highest BCUT2D eigenvalue weighted by molar-refractivity contribution is 5.78. The van der Waals surface area contributed by atoms with Gasteiger partial charge in [0.2, 0.25) is 0 Å². The molecule has 0 aliphatic rings. The van der Waals surface area contributed by atoms with Crippen LogP contribution in [0, 0.1) is 0 Å². The molecule has 0 aliphatic heterocycles. The standard InChI is InChI=1S/C15H15N3O2/c1-2-19-12-5-3-4-11(9-12)17-15-18-13-7-6-10(16)8-14(13)20-15/h3-9H,2,16H2,1H3,(H,17,18). The number of hydrogen-bond donors (Lipinski definition) is 2. The summed E-state index contributed by atoms with van der Waals surface area (Å²) in [5.74, 6) is 0.804. The first-order chi connectivity index (χ1) is 9.74. The van der Waals surface area contributed by atoms with Gasteiger partial charge in [-0.3, -0.25) is 0 Å². The van der Waals surface area contributed by atoms with Gasteiger partial charge >= 0.3 is 0 Å². The van der Waals surface area contributed by atoms with Crippen LogP contribution in [0.2, 0.25) is 0 Å². The van der Waals surface area contributed by atoms with Gasteiger partial charge in [-0.05, 0) is 31.2 Å². The smallest absolute Gasteiger partial charge is 0.300 e. The summed E-state index contributed by atoms with van der Waals surface area (Å²) in [6.07, 6.45) is 0. The highest BCUT2D eigenvalue weighted by atomic mass is 16.5. The molecule has 0 amide bonds. The van der Waals surface area contributed by atoms with Crippen LogP contribution in [0.3, 0.4) is 0 Å². The van der Waals surface area contributed by atoms with Gasteiger partial charge in [0.1, 0.15) is 11.3 Å². The number of anilines is 3. The number of aromatic nitrogens is 1. The van der Waals surface area contributed by atoms with Gasteiger partial charge in [-0.25, -0.2) is 0 Å². The molecule has 5 nitrogen and oxygen atoms in total. The lowest BCUT2D eigenvalue weighted by Crippen LogP contribution is -1.94. The molecule has 3 rings (SSSR count). The quantitative estimate of drug-likeness (QED) is 0.708. The molecule has 0 radical (unpaired) electrons. The molecule has 0 spiro atoms. The molecule has 102 valence electrons. The minimum atomic E-state index is 0.430. The topological polar surface area (TPSA) is 73.3 Å². The zero-order valence-electron chi connectivity index (χ0n) is 11.1. The van der Waals surface area contributed by atoms with Gasteiger partial charge < -0.3 is 20.2 Å². The van der Waals surface area contributed by atoms with Crippen molar-refractivity contribution in [1.82, 2.24) is 4.98 Å². The molecule has 0 atom stereocenters. The van der Waals surface area contributed by atoms with Crippen LogP contribution >= 0.6 is 0 Å². The number of rotatable bonds is 4. The summed E-state index contributed by atoms with van der Waals surface area (Å²) in [4.78, 5) is 4.35. The maximum absolute atomic E-state index is 5.71. The van der Waals surface area contributed by atoms with E-state index < -0.39 is 0 Å². The number of oxazole rings is 1. The number of benzene rings is 2. The van der Waals surface area contributed by atoms with Crippen molar-refractivity contribution in [2.75, 3.05) is 17.7 Å². The fourth-order valence-electron chi connectivity index (χ4n) is 1.95. The van der Waals surface area contributed by atoms with Crippen LogP contribution in [0.5, 0.6) is 5.75 Å². The molecule has 1 heterocycles. The lowest BCUT2D eigenvalue weighted by atomic mass is 10.3. The van der Waals surface area contributed by atoms with Crippen molar-refractivity contribution >= 4 is 28.5 Å². The van der Waals surface area contributed by atoms with E-state index in [1.165, 1.54) is 0 Å². The summed E-state index contributed by atoms with van der Waals surface area (Å²) in [6.45, 7) is 2.58. The van der Waals surface area contributed by atoms with E-state index in [1.807, 2.05) is 37.3 Å². The SMILES string of the molecule is CCOc1cccc(Nc2nc3ccc(N)cc3o2)c1. The molecule has 0 saturated heterocycles. The van der Waals surface area contributed by atoms with Gasteiger partial charge in [-0.2, -0.15) is 4.98 Å². The predicted octanol–water partition coefficient (Wildman–Crippen LogP) is 3.55. The molecule has 0 saturated carbocycles. The van der Waals surface area contributed by atoms with Crippen LogP contribution < -0.4 is 15.8 Å². The maximum Gasteiger partial charge on any atom is 0.300 e. The van der Waals surface area contributed by atoms with E-state index in [9.17, 15) is 0 Å². The number of nitrogen functional groups attached to an aromatic ring is 1. The maximum atomic E-state index is 5.71. The van der Waals surface area contributed by atoms with Crippen LogP contribution in [-0.2, 0) is 0 Å². The molecule has 20 heavy (non-hydrogen) atoms. The van der Waals surface area contributed by atoms with Gasteiger partial charge in [-0.1, -0.05) is 6.07 Å². The average Bonchev–Trinajstić information content (AvgIpc) is 2.81. The van der Waals surface area contributed by atoms with Gasteiger partial charge in [0.25, 0.3) is 6.01 Å². The van der Waals surface area contributed by atoms with E-state index in [1.54, 1.807) is 12.1 Å². The normalized spacial score (nSPS) is 10.7. The zero-order chi connectivity index (χ0) is 13.9. The molecule has 3 aromatic rings. The number of hydrogen-bond acceptors (Lipinski definition) is 5. The Bertz CT molecular complexity index is 737. The van der Waals surface area contributed by atoms with Crippen LogP contribution in [0.1, 0.15) is 6.92 Å². The third-order valence-electron chi connectivity index (χ3n) is 2.81. The first-order valence-electron chi connectivity index (χ1n) is 6.40. The highest BCUT2D eigenvalue weighted by Gasteiger charge is 2.06. The van der Waals surface area contributed by atoms with Crippen LogP contribution in [0.15, 0.2) is 46.9 Å². The second-order valence-electron chi connectivity index (χ2n) is 4.33. The van der Waals surface area contributed by atoms with E-state index >= 15 is 0 Å². The Balaban J connectivity index is 1.87. The molecular weight excluding hydrogens is 254 g/mol. The molecular formula is C15H15N3O2. The Morgan fingerprint density at radius 3 is 3.00 bits per heavy atom. The van der Waals surface area contributed by atoms with Crippen molar-refractivity contribution in [3.8, 4) is 5.75 Å². The summed E-state index contributed by atoms with van der Waals surface area (Å²) in [5, 5.41) is 3.11. The molecule has 0 bridgehead atoms. The Morgan fingerprint density at radius 1 is 1.25 bits per heavy atom. The van der Waals surface area contributed by atoms with Crippen molar-refractivity contribution in [2.24, 2.45) is 0 Å². The monoisotopic (exact) mass is 269 g/mol. The van der Waals surface area contributed by atoms with Gasteiger partial charge in [-0.15, -0.1) is 0 Å². The van der Waals surface area contributed by atoms with E-state index in [4.69, 9.17) is 14.9 Å². The summed E-state index contributed by atoms with van der Waals surface area (Å²) in [5.41, 5.74) is 8.65. The zero-order valence-corrected chi connectivity index (χ0v) is 11.1. The Kier molecular flexibility index (Phi) is 3.16. The number of fused-ring (bicyclic) bond motifs is 1. The second-order valence-corrected chi connectivity index (χ2v) is 4.33. The summed E-state index contributed by atoms with van der Waals surface area (Å²) in [6, 6.07) is 13.4. The number of ether oxygens (including phenoxy) is 1. The van der Waals surface area contributed by atoms with Gasteiger partial charge in [0.15, 0.2) is 5.58 Å². The van der Waals surface area contributed by atoms with E-state index in [2.05, 4.69) is 10.3 Å². The van der Waals surface area contributed by atoms with Gasteiger partial charge in [0.05, 0.1) is 6.61 Å². The molecule has 5 heteroatoms. The lowest BCUT2D eigenvalue weighted by molar-refractivity contribution is 0.340. The largest absolute Gasteiger partial charge is 0.494 e. The van der Waals surface area contributed by atoms with Crippen molar-refractivity contribution in [2.45, 2.75) is 6.92 Å². The van der Waals surface area contributed by atoms with Crippen LogP contribution in [0.4, 0.5) is 17.4 Å². The number of nitrogens with one attached hydrogen (secondary N) is 1. The molecule has 0 unspecified atom stereocenters. The third kappa shape index (κ3) is 2.51. The summed E-state index contributed by atoms with van der Waals surface area (Å²) in [7, 11) is 0. The third-order valence-corrected chi connectivity index (χ3v) is 2.81. The summed E-state index contributed by atoms with van der Waals surface area (Å²) >= 11 is 0. The van der Waals surface area contributed by atoms with Crippen molar-refractivity contribution in [3.05, 3.63) is 42.5 Å². The second kappa shape index (κ2) is 5.13. The van der Waals surface area contributed by atoms with E-state index in [0.29, 0.717) is 23.9 Å². The minimum Gasteiger partial charge on any atom is -0.494 e. The Labute approximate surface area is 116 Å². The minimum absolute atomic E-state index is 0.430. The number of nitrogens with zero attached hydrogens (tertiary/aromatic N) is 1. The lowest BCUT2D eigenvalue weighted by Gasteiger charge is -2.05. The first kappa shape index (κ1) is 12.3. The first-order valence-corrected chi connectivity index (χ1v) is 6.40. The van der Waals surface area contributed by atoms with Crippen molar-refractivity contribution < 1.29 is 9.15 Å². The van der Waals surface area contributed by atoms with Crippen molar-refractivity contribution in [3.63, 3.8) is 0 Å². The Hall–Kier alpha value is -2.69. The average molecular weight is 269 g/mol. The van der Waals surface area contributed by atoms with Gasteiger partial charge in [0, 0.05) is 23.5 Å². The van der Waals surface area contributed by atoms with Crippen LogP contribution in [-0.4, -0.2) is 11.6 Å². The summed E-state index contributed by atoms with van der Waals surface area (Å²) < 4.78 is 11.1.